The summed E-state index contributed by atoms with van der Waals surface area (Å²) in [5.41, 5.74) is 2.10. The molecule has 222 valence electrons. The van der Waals surface area contributed by atoms with E-state index >= 15 is 4.39 Å². The van der Waals surface area contributed by atoms with Crippen molar-refractivity contribution in [1.29, 1.82) is 0 Å². The predicted octanol–water partition coefficient (Wildman–Crippen LogP) is 5.03. The third kappa shape index (κ3) is 6.60. The van der Waals surface area contributed by atoms with Gasteiger partial charge >= 0.3 is 5.97 Å². The largest absolute Gasteiger partial charge is 0.433 e. The maximum atomic E-state index is 15.5. The second-order valence-corrected chi connectivity index (χ2v) is 10.6. The molecular weight excluding hydrogens is 546 g/mol. The molecule has 1 aliphatic carbocycles. The van der Waals surface area contributed by atoms with Crippen molar-refractivity contribution in [3.05, 3.63) is 102 Å². The van der Waals surface area contributed by atoms with Gasteiger partial charge in [-0.25, -0.2) is 18.5 Å². The Morgan fingerprint density at radius 2 is 1.71 bits per heavy atom. The van der Waals surface area contributed by atoms with Gasteiger partial charge in [-0.15, -0.1) is 0 Å². The highest BCUT2D eigenvalue weighted by Gasteiger charge is 2.50. The molecule has 42 heavy (non-hydrogen) atoms. The number of aliphatic hydroxyl groups is 3. The highest BCUT2D eigenvalue weighted by atomic mass is 19.2. The summed E-state index contributed by atoms with van der Waals surface area (Å²) >= 11 is 0. The smallest absolute Gasteiger partial charge is 0.384 e. The number of halogens is 2. The van der Waals surface area contributed by atoms with Crippen LogP contribution < -0.4 is 5.01 Å². The lowest BCUT2D eigenvalue weighted by Gasteiger charge is -2.33. The number of nitrogens with zero attached hydrogens (tertiary/aromatic N) is 4. The Balaban J connectivity index is 0.00000110. The first-order valence-electron chi connectivity index (χ1n) is 13.9. The zero-order valence-corrected chi connectivity index (χ0v) is 23.3. The van der Waals surface area contributed by atoms with E-state index in [1.54, 1.807) is 22.9 Å². The van der Waals surface area contributed by atoms with Crippen LogP contribution in [0, 0.1) is 5.82 Å². The minimum atomic E-state index is -3.65. The molecule has 0 bridgehead atoms. The molecular formula is C31H34F2N4O5. The fraction of sp³-hybridized carbons (Fsp3) is 0.355. The number of aromatic nitrogens is 2. The third-order valence-corrected chi connectivity index (χ3v) is 7.03. The van der Waals surface area contributed by atoms with Gasteiger partial charge in [0.2, 0.25) is 0 Å². The number of para-hydroxylation sites is 1. The van der Waals surface area contributed by atoms with Crippen molar-refractivity contribution in [2.75, 3.05) is 18.2 Å². The van der Waals surface area contributed by atoms with Gasteiger partial charge in [-0.2, -0.15) is 10.2 Å². The lowest BCUT2D eigenvalue weighted by Crippen LogP contribution is -2.51. The molecule has 2 aromatic carbocycles. The first-order valence-corrected chi connectivity index (χ1v) is 13.9. The van der Waals surface area contributed by atoms with Crippen LogP contribution in [-0.2, 0) is 9.47 Å². The average Bonchev–Trinajstić information content (AvgIpc) is 3.78. The summed E-state index contributed by atoms with van der Waals surface area (Å²) in [6.45, 7) is 5.67. The van der Waals surface area contributed by atoms with Gasteiger partial charge in [-0.05, 0) is 54.7 Å². The molecule has 1 atom stereocenters. The van der Waals surface area contributed by atoms with Crippen LogP contribution in [0.2, 0.25) is 0 Å². The van der Waals surface area contributed by atoms with Crippen LogP contribution in [0.4, 0.5) is 14.5 Å². The van der Waals surface area contributed by atoms with E-state index in [0.717, 1.165) is 29.6 Å². The fourth-order valence-electron chi connectivity index (χ4n) is 4.42. The van der Waals surface area contributed by atoms with E-state index < -0.39 is 17.6 Å². The lowest BCUT2D eigenvalue weighted by molar-refractivity contribution is -0.423. The van der Waals surface area contributed by atoms with Crippen LogP contribution in [0.15, 0.2) is 90.0 Å². The maximum absolute atomic E-state index is 15.5. The molecule has 3 heterocycles. The van der Waals surface area contributed by atoms with Crippen molar-refractivity contribution in [3.8, 4) is 5.69 Å². The van der Waals surface area contributed by atoms with E-state index in [4.69, 9.17) is 9.47 Å². The molecule has 1 saturated heterocycles. The number of alkyl halides is 1. The van der Waals surface area contributed by atoms with Crippen molar-refractivity contribution in [1.82, 2.24) is 9.78 Å². The number of allylic oxidation sites excluding steroid dienone is 1. The standard InChI is InChI=1S/C28H28F2N4O5.C3H6/c1-18-25(39-28(36,37)27(2,30)35)17-33(23-9-8-20(16-22(23)29)19-11-14-38-15-12-19)32-26(18)24-10-13-31-34(24)21-6-4-3-5-7-21;1-2-3-1/h3-10,13,16-17,19,35-37H,1,11-12,14-15H2,2H3;1-3H2. The van der Waals surface area contributed by atoms with Gasteiger partial charge in [0, 0.05) is 25.7 Å². The highest BCUT2D eigenvalue weighted by molar-refractivity contribution is 6.15. The van der Waals surface area contributed by atoms with E-state index in [0.29, 0.717) is 31.5 Å². The van der Waals surface area contributed by atoms with Crippen molar-refractivity contribution >= 4 is 11.4 Å². The SMILES string of the molecule is C1CC1.C=C1C(OC(O)(O)C(C)(O)F)=CN(c2ccc(C3CCOCC3)cc2F)N=C1c1ccnn1-c1ccccc1. The second-order valence-electron chi connectivity index (χ2n) is 10.6. The third-order valence-electron chi connectivity index (χ3n) is 7.03. The summed E-state index contributed by atoms with van der Waals surface area (Å²) < 4.78 is 41.7. The molecule has 0 amide bonds. The topological polar surface area (TPSA) is 113 Å². The molecule has 2 fully saturated rings. The Bertz CT molecular complexity index is 1470. The molecule has 9 nitrogen and oxygen atoms in total. The van der Waals surface area contributed by atoms with Gasteiger partial charge in [-0.1, -0.05) is 50.1 Å². The Hall–Kier alpha value is -3.90. The minimum absolute atomic E-state index is 0.0138. The Morgan fingerprint density at radius 1 is 1.02 bits per heavy atom. The number of benzene rings is 2. The molecule has 3 N–H and O–H groups in total. The van der Waals surface area contributed by atoms with Gasteiger partial charge in [0.1, 0.15) is 17.2 Å². The van der Waals surface area contributed by atoms with Gasteiger partial charge < -0.3 is 24.8 Å². The van der Waals surface area contributed by atoms with E-state index in [-0.39, 0.29) is 28.6 Å². The Kier molecular flexibility index (Phi) is 8.55. The normalized spacial score (nSPS) is 18.8. The fourth-order valence-corrected chi connectivity index (χ4v) is 4.42. The maximum Gasteiger partial charge on any atom is 0.384 e. The van der Waals surface area contributed by atoms with Crippen LogP contribution >= 0.6 is 0 Å². The molecule has 0 spiro atoms. The lowest BCUT2D eigenvalue weighted by atomic mass is 9.91. The van der Waals surface area contributed by atoms with Crippen molar-refractivity contribution < 1.29 is 33.6 Å². The van der Waals surface area contributed by atoms with Crippen molar-refractivity contribution in [3.63, 3.8) is 0 Å². The van der Waals surface area contributed by atoms with Gasteiger partial charge in [0.25, 0.3) is 5.85 Å². The van der Waals surface area contributed by atoms with E-state index in [2.05, 4.69) is 16.8 Å². The monoisotopic (exact) mass is 580 g/mol. The summed E-state index contributed by atoms with van der Waals surface area (Å²) in [4.78, 5) is 0. The molecule has 1 aromatic heterocycles. The molecule has 3 aliphatic rings. The second kappa shape index (κ2) is 12.1. The van der Waals surface area contributed by atoms with Crippen LogP contribution in [0.25, 0.3) is 5.69 Å². The number of ether oxygens (including phenoxy) is 2. The van der Waals surface area contributed by atoms with Gasteiger partial charge in [0.05, 0.1) is 23.8 Å². The first kappa shape index (κ1) is 29.6. The van der Waals surface area contributed by atoms with Gasteiger partial charge in [-0.3, -0.25) is 0 Å². The predicted molar refractivity (Wildman–Crippen MR) is 153 cm³/mol. The van der Waals surface area contributed by atoms with Gasteiger partial charge in [0.15, 0.2) is 5.76 Å². The first-order chi connectivity index (χ1) is 20.0. The number of hydrogen-bond acceptors (Lipinski definition) is 8. The molecule has 11 heteroatoms. The summed E-state index contributed by atoms with van der Waals surface area (Å²) in [5, 5.41) is 39.9. The number of anilines is 1. The van der Waals surface area contributed by atoms with E-state index in [1.807, 2.05) is 30.3 Å². The quantitative estimate of drug-likeness (QED) is 0.336. The summed E-state index contributed by atoms with van der Waals surface area (Å²) in [6, 6.07) is 15.5. The average molecular weight is 581 g/mol. The molecule has 1 saturated carbocycles. The molecule has 2 aliphatic heterocycles. The molecule has 1 unspecified atom stereocenters. The zero-order valence-electron chi connectivity index (χ0n) is 23.3. The summed E-state index contributed by atoms with van der Waals surface area (Å²) in [6.07, 6.45) is 8.72. The summed E-state index contributed by atoms with van der Waals surface area (Å²) in [5.74, 6) is -8.00. The number of hydrazone groups is 1. The van der Waals surface area contributed by atoms with E-state index in [1.165, 1.54) is 31.5 Å². The van der Waals surface area contributed by atoms with Crippen LogP contribution in [0.5, 0.6) is 0 Å². The van der Waals surface area contributed by atoms with Crippen LogP contribution in [0.1, 0.15) is 56.2 Å². The number of hydrogen-bond donors (Lipinski definition) is 3. The Morgan fingerprint density at radius 3 is 2.33 bits per heavy atom. The van der Waals surface area contributed by atoms with Crippen LogP contribution in [0.3, 0.4) is 0 Å². The van der Waals surface area contributed by atoms with Crippen molar-refractivity contribution in [2.24, 2.45) is 5.10 Å². The highest BCUT2D eigenvalue weighted by Crippen LogP contribution is 2.35. The Labute approximate surface area is 242 Å². The number of rotatable bonds is 7. The zero-order chi connectivity index (χ0) is 29.9. The molecule has 3 aromatic rings. The minimum Gasteiger partial charge on any atom is -0.433 e. The summed E-state index contributed by atoms with van der Waals surface area (Å²) in [7, 11) is 0. The van der Waals surface area contributed by atoms with Crippen LogP contribution in [-0.4, -0.2) is 55.9 Å². The molecule has 0 radical (unpaired) electrons. The molecule has 6 rings (SSSR count). The van der Waals surface area contributed by atoms with E-state index in [9.17, 15) is 19.7 Å². The van der Waals surface area contributed by atoms with Crippen molar-refractivity contribution in [2.45, 2.75) is 56.8 Å².